The van der Waals surface area contributed by atoms with Gasteiger partial charge >= 0.3 is 0 Å². The molecule has 5 N–H and O–H groups in total. The minimum atomic E-state index is -0.893. The van der Waals surface area contributed by atoms with Crippen LogP contribution in [-0.2, 0) is 0 Å². The van der Waals surface area contributed by atoms with E-state index >= 15 is 0 Å². The second-order valence-corrected chi connectivity index (χ2v) is 3.36. The molecule has 0 amide bonds. The number of nitrogen functional groups attached to an aromatic ring is 2. The van der Waals surface area contributed by atoms with Crippen LogP contribution in [-0.4, -0.2) is 9.97 Å². The van der Waals surface area contributed by atoms with Crippen LogP contribution in [0.4, 0.5) is 20.2 Å². The first-order chi connectivity index (χ1) is 8.49. The number of benzene rings is 1. The summed E-state index contributed by atoms with van der Waals surface area (Å²) in [6.45, 7) is 0. The summed E-state index contributed by atoms with van der Waals surface area (Å²) in [4.78, 5) is 17.0. The number of anilines is 2. The van der Waals surface area contributed by atoms with Gasteiger partial charge in [0.05, 0.1) is 12.0 Å². The van der Waals surface area contributed by atoms with Crippen molar-refractivity contribution >= 4 is 11.4 Å². The maximum atomic E-state index is 13.4. The molecule has 8 heteroatoms. The van der Waals surface area contributed by atoms with Gasteiger partial charge in [-0.3, -0.25) is 4.79 Å². The van der Waals surface area contributed by atoms with Gasteiger partial charge in [0, 0.05) is 12.1 Å². The van der Waals surface area contributed by atoms with Crippen molar-refractivity contribution in [2.45, 2.75) is 0 Å². The van der Waals surface area contributed by atoms with Crippen LogP contribution in [0.5, 0.6) is 11.6 Å². The molecule has 0 unspecified atom stereocenters. The number of hydrogen-bond donors (Lipinski definition) is 3. The van der Waals surface area contributed by atoms with E-state index in [4.69, 9.17) is 16.2 Å². The summed E-state index contributed by atoms with van der Waals surface area (Å²) in [5, 5.41) is 0. The van der Waals surface area contributed by atoms with Gasteiger partial charge < -0.3 is 21.2 Å². The first-order valence-corrected chi connectivity index (χ1v) is 4.74. The van der Waals surface area contributed by atoms with Crippen molar-refractivity contribution in [3.63, 3.8) is 0 Å². The monoisotopic (exact) mass is 254 g/mol. The van der Waals surface area contributed by atoms with Crippen LogP contribution in [0.3, 0.4) is 0 Å². The molecule has 0 aliphatic carbocycles. The van der Waals surface area contributed by atoms with Gasteiger partial charge in [0.1, 0.15) is 5.82 Å². The number of halogens is 2. The summed E-state index contributed by atoms with van der Waals surface area (Å²) in [6, 6.07) is 1.50. The highest BCUT2D eigenvalue weighted by Gasteiger charge is 2.13. The third-order valence-electron chi connectivity index (χ3n) is 2.11. The van der Waals surface area contributed by atoms with Crippen LogP contribution < -0.4 is 21.8 Å². The minimum absolute atomic E-state index is 0.318. The highest BCUT2D eigenvalue weighted by Crippen LogP contribution is 2.28. The molecule has 0 aliphatic heterocycles. The van der Waals surface area contributed by atoms with Crippen LogP contribution in [0.15, 0.2) is 23.3 Å². The molecule has 0 saturated carbocycles. The number of rotatable bonds is 2. The van der Waals surface area contributed by atoms with Crippen LogP contribution >= 0.6 is 0 Å². The minimum Gasteiger partial charge on any atom is -0.434 e. The predicted octanol–water partition coefficient (Wildman–Crippen LogP) is 1.00. The van der Waals surface area contributed by atoms with E-state index in [1.165, 1.54) is 0 Å². The van der Waals surface area contributed by atoms with Crippen LogP contribution in [0.2, 0.25) is 0 Å². The van der Waals surface area contributed by atoms with E-state index in [1.54, 1.807) is 0 Å². The van der Waals surface area contributed by atoms with Crippen molar-refractivity contribution in [1.29, 1.82) is 0 Å². The lowest BCUT2D eigenvalue weighted by atomic mass is 10.3. The Bertz CT molecular complexity index is 657. The van der Waals surface area contributed by atoms with Gasteiger partial charge in [0.2, 0.25) is 5.88 Å². The van der Waals surface area contributed by atoms with Gasteiger partial charge in [-0.25, -0.2) is 13.8 Å². The average Bonchev–Trinajstić information content (AvgIpc) is 2.32. The quantitative estimate of drug-likeness (QED) is 0.693. The molecule has 0 fully saturated rings. The highest BCUT2D eigenvalue weighted by molar-refractivity contribution is 5.49. The summed E-state index contributed by atoms with van der Waals surface area (Å²) < 4.78 is 31.5. The number of aromatic amines is 1. The van der Waals surface area contributed by atoms with Crippen LogP contribution in [0.1, 0.15) is 0 Å². The van der Waals surface area contributed by atoms with E-state index in [1.807, 2.05) is 0 Å². The van der Waals surface area contributed by atoms with Gasteiger partial charge in [0.15, 0.2) is 17.3 Å². The lowest BCUT2D eigenvalue weighted by Crippen LogP contribution is -2.13. The van der Waals surface area contributed by atoms with Crippen LogP contribution in [0.25, 0.3) is 0 Å². The molecule has 0 aliphatic rings. The molecule has 1 aromatic carbocycles. The van der Waals surface area contributed by atoms with Crippen molar-refractivity contribution in [2.24, 2.45) is 0 Å². The molecule has 2 aromatic rings. The Morgan fingerprint density at radius 3 is 2.67 bits per heavy atom. The van der Waals surface area contributed by atoms with Gasteiger partial charge in [0.25, 0.3) is 5.56 Å². The number of hydrogen-bond acceptors (Lipinski definition) is 5. The maximum Gasteiger partial charge on any atom is 0.277 e. The van der Waals surface area contributed by atoms with Gasteiger partial charge in [-0.2, -0.15) is 0 Å². The highest BCUT2D eigenvalue weighted by atomic mass is 19.1. The molecule has 2 rings (SSSR count). The molecule has 94 valence electrons. The second-order valence-electron chi connectivity index (χ2n) is 3.36. The van der Waals surface area contributed by atoms with Crippen molar-refractivity contribution in [2.75, 3.05) is 11.5 Å². The molecular weight excluding hydrogens is 246 g/mol. The topological polar surface area (TPSA) is 107 Å². The summed E-state index contributed by atoms with van der Waals surface area (Å²) in [5.41, 5.74) is 9.21. The molecule has 1 heterocycles. The maximum absolute atomic E-state index is 13.4. The molecule has 0 spiro atoms. The first kappa shape index (κ1) is 11.8. The summed E-state index contributed by atoms with van der Waals surface area (Å²) in [5.74, 6) is -2.53. The fraction of sp³-hybridized carbons (Fsp3) is 0. The summed E-state index contributed by atoms with van der Waals surface area (Å²) in [6.07, 6.45) is 1.03. The Kier molecular flexibility index (Phi) is 2.84. The van der Waals surface area contributed by atoms with Crippen molar-refractivity contribution in [3.05, 3.63) is 40.4 Å². The fourth-order valence-electron chi connectivity index (χ4n) is 1.20. The Hall–Kier alpha value is -2.64. The average molecular weight is 254 g/mol. The molecule has 1 aromatic heterocycles. The number of ether oxygens (including phenoxy) is 1. The standard InChI is InChI=1S/C10H8F2N4O2/c11-4-2-7(5(12)1-6(4)13)18-10-8(14)9(17)15-3-16-10/h1-3H,13-14H2,(H,15,16,17). The van der Waals surface area contributed by atoms with Gasteiger partial charge in [-0.1, -0.05) is 0 Å². The van der Waals surface area contributed by atoms with E-state index in [0.29, 0.717) is 0 Å². The third kappa shape index (κ3) is 2.08. The lowest BCUT2D eigenvalue weighted by molar-refractivity contribution is 0.423. The first-order valence-electron chi connectivity index (χ1n) is 4.74. The second kappa shape index (κ2) is 4.32. The molecule has 0 atom stereocenters. The Labute approximate surface area is 99.2 Å². The van der Waals surface area contributed by atoms with Gasteiger partial charge in [-0.15, -0.1) is 0 Å². The molecule has 0 radical (unpaired) electrons. The van der Waals surface area contributed by atoms with E-state index in [9.17, 15) is 13.6 Å². The zero-order chi connectivity index (χ0) is 13.3. The normalized spacial score (nSPS) is 10.3. The summed E-state index contributed by atoms with van der Waals surface area (Å²) >= 11 is 0. The molecule has 6 nitrogen and oxygen atoms in total. The number of nitrogens with zero attached hydrogens (tertiary/aromatic N) is 1. The van der Waals surface area contributed by atoms with Crippen LogP contribution in [0, 0.1) is 11.6 Å². The smallest absolute Gasteiger partial charge is 0.277 e. The van der Waals surface area contributed by atoms with Crippen molar-refractivity contribution in [3.8, 4) is 11.6 Å². The molecular formula is C10H8F2N4O2. The molecule has 18 heavy (non-hydrogen) atoms. The Morgan fingerprint density at radius 1 is 1.22 bits per heavy atom. The number of H-pyrrole nitrogens is 1. The number of aromatic nitrogens is 2. The zero-order valence-corrected chi connectivity index (χ0v) is 8.91. The molecule has 0 saturated heterocycles. The Morgan fingerprint density at radius 2 is 1.94 bits per heavy atom. The lowest BCUT2D eigenvalue weighted by Gasteiger charge is -2.08. The fourth-order valence-corrected chi connectivity index (χ4v) is 1.20. The van der Waals surface area contributed by atoms with E-state index < -0.39 is 22.9 Å². The van der Waals surface area contributed by atoms with Crippen molar-refractivity contribution < 1.29 is 13.5 Å². The van der Waals surface area contributed by atoms with Crippen molar-refractivity contribution in [1.82, 2.24) is 9.97 Å². The summed E-state index contributed by atoms with van der Waals surface area (Å²) in [7, 11) is 0. The zero-order valence-electron chi connectivity index (χ0n) is 8.91. The number of nitrogens with two attached hydrogens (primary N) is 2. The van der Waals surface area contributed by atoms with Gasteiger partial charge in [-0.05, 0) is 0 Å². The molecule has 0 bridgehead atoms. The van der Waals surface area contributed by atoms with E-state index in [-0.39, 0.29) is 17.3 Å². The predicted molar refractivity (Wildman–Crippen MR) is 60.1 cm³/mol. The Balaban J connectivity index is 2.43. The SMILES string of the molecule is Nc1cc(F)c(Oc2nc[nH]c(=O)c2N)cc1F. The third-order valence-corrected chi connectivity index (χ3v) is 2.11. The number of nitrogens with one attached hydrogen (secondary N) is 1. The van der Waals surface area contributed by atoms with E-state index in [2.05, 4.69) is 9.97 Å². The van der Waals surface area contributed by atoms with E-state index in [0.717, 1.165) is 18.5 Å². The largest absolute Gasteiger partial charge is 0.434 e.